The lowest BCUT2D eigenvalue weighted by atomic mass is 9.97. The minimum absolute atomic E-state index is 0.0515. The fourth-order valence-electron chi connectivity index (χ4n) is 4.39. The number of likely N-dealkylation sites (N-methyl/N-ethyl adjacent to an activating group) is 1. The van der Waals surface area contributed by atoms with Gasteiger partial charge in [-0.1, -0.05) is 17.7 Å². The van der Waals surface area contributed by atoms with E-state index in [0.29, 0.717) is 13.1 Å². The molecule has 0 saturated carbocycles. The summed E-state index contributed by atoms with van der Waals surface area (Å²) in [6.07, 6.45) is 1.84. The quantitative estimate of drug-likeness (QED) is 0.641. The second-order valence-corrected chi connectivity index (χ2v) is 9.04. The molecule has 0 aliphatic carbocycles. The van der Waals surface area contributed by atoms with Crippen molar-refractivity contribution in [2.45, 2.75) is 33.6 Å². The third-order valence-corrected chi connectivity index (χ3v) is 6.21. The average Bonchev–Trinajstić information content (AvgIpc) is 3.12. The predicted molar refractivity (Wildman–Crippen MR) is 127 cm³/mol. The summed E-state index contributed by atoms with van der Waals surface area (Å²) in [6.45, 7) is 9.12. The molecule has 8 nitrogen and oxygen atoms in total. The molecule has 1 saturated heterocycles. The van der Waals surface area contributed by atoms with Gasteiger partial charge in [-0.25, -0.2) is 4.68 Å². The van der Waals surface area contributed by atoms with Crippen molar-refractivity contribution < 1.29 is 4.79 Å². The van der Waals surface area contributed by atoms with Gasteiger partial charge in [0.15, 0.2) is 5.82 Å². The second kappa shape index (κ2) is 9.24. The summed E-state index contributed by atoms with van der Waals surface area (Å²) in [5.74, 6) is 0.837. The third kappa shape index (κ3) is 4.46. The van der Waals surface area contributed by atoms with E-state index in [1.165, 1.54) is 5.56 Å². The van der Waals surface area contributed by atoms with Gasteiger partial charge in [-0.15, -0.1) is 5.10 Å². The lowest BCUT2D eigenvalue weighted by molar-refractivity contribution is -0.125. The lowest BCUT2D eigenvalue weighted by Crippen LogP contribution is -2.44. The van der Waals surface area contributed by atoms with E-state index in [2.05, 4.69) is 63.4 Å². The van der Waals surface area contributed by atoms with Gasteiger partial charge in [-0.05, 0) is 59.8 Å². The highest BCUT2D eigenvalue weighted by Gasteiger charge is 2.29. The SMILES string of the molecule is Cc1ccc(-n2nc3c(N4CCCC(C(=O)NCCN(C)C)C4)nnc(C)c3c2C)cc1. The fourth-order valence-corrected chi connectivity index (χ4v) is 4.39. The topological polar surface area (TPSA) is 79.2 Å². The number of carbonyl (C=O) groups excluding carboxylic acids is 1. The number of rotatable bonds is 6. The Morgan fingerprint density at radius 2 is 1.91 bits per heavy atom. The lowest BCUT2D eigenvalue weighted by Gasteiger charge is -2.32. The number of hydrogen-bond donors (Lipinski definition) is 1. The molecule has 3 aromatic rings. The smallest absolute Gasteiger partial charge is 0.224 e. The third-order valence-electron chi connectivity index (χ3n) is 6.21. The Hall–Kier alpha value is -3.00. The average molecular weight is 436 g/mol. The molecule has 0 spiro atoms. The van der Waals surface area contributed by atoms with Crippen LogP contribution in [0.3, 0.4) is 0 Å². The normalized spacial score (nSPS) is 16.7. The number of nitrogens with one attached hydrogen (secondary N) is 1. The molecule has 170 valence electrons. The van der Waals surface area contributed by atoms with E-state index in [0.717, 1.165) is 59.7 Å². The Morgan fingerprint density at radius 3 is 2.62 bits per heavy atom. The van der Waals surface area contributed by atoms with Gasteiger partial charge >= 0.3 is 0 Å². The van der Waals surface area contributed by atoms with Crippen LogP contribution in [0.4, 0.5) is 5.82 Å². The molecule has 1 unspecified atom stereocenters. The number of nitrogens with zero attached hydrogens (tertiary/aromatic N) is 6. The summed E-state index contributed by atoms with van der Waals surface area (Å²) in [5.41, 5.74) is 5.00. The van der Waals surface area contributed by atoms with Gasteiger partial charge < -0.3 is 15.1 Å². The van der Waals surface area contributed by atoms with Gasteiger partial charge in [0.2, 0.25) is 5.91 Å². The van der Waals surface area contributed by atoms with Crippen molar-refractivity contribution in [3.05, 3.63) is 41.2 Å². The van der Waals surface area contributed by atoms with E-state index in [4.69, 9.17) is 5.10 Å². The van der Waals surface area contributed by atoms with E-state index in [1.54, 1.807) is 0 Å². The van der Waals surface area contributed by atoms with Gasteiger partial charge in [0.25, 0.3) is 0 Å². The van der Waals surface area contributed by atoms with Gasteiger partial charge in [0, 0.05) is 26.2 Å². The summed E-state index contributed by atoms with van der Waals surface area (Å²) < 4.78 is 1.97. The molecule has 1 fully saturated rings. The van der Waals surface area contributed by atoms with Crippen LogP contribution in [-0.4, -0.2) is 71.1 Å². The van der Waals surface area contributed by atoms with E-state index in [-0.39, 0.29) is 11.8 Å². The van der Waals surface area contributed by atoms with Crippen LogP contribution in [0, 0.1) is 26.7 Å². The minimum atomic E-state index is -0.0515. The number of anilines is 1. The number of fused-ring (bicyclic) bond motifs is 1. The first-order chi connectivity index (χ1) is 15.3. The molecule has 4 rings (SSSR count). The molecule has 8 heteroatoms. The fraction of sp³-hybridized carbons (Fsp3) is 0.500. The highest BCUT2D eigenvalue weighted by Crippen LogP contribution is 2.31. The number of aryl methyl sites for hydroxylation is 3. The predicted octanol–water partition coefficient (Wildman–Crippen LogP) is 2.63. The molecule has 1 aliphatic heterocycles. The zero-order chi connectivity index (χ0) is 22.8. The summed E-state index contributed by atoms with van der Waals surface area (Å²) in [7, 11) is 4.01. The van der Waals surface area contributed by atoms with Crippen molar-refractivity contribution in [1.29, 1.82) is 0 Å². The summed E-state index contributed by atoms with van der Waals surface area (Å²) in [4.78, 5) is 17.0. The second-order valence-electron chi connectivity index (χ2n) is 9.04. The van der Waals surface area contributed by atoms with Crippen LogP contribution < -0.4 is 10.2 Å². The Bertz CT molecular complexity index is 1100. The zero-order valence-electron chi connectivity index (χ0n) is 19.7. The molecular weight excluding hydrogens is 402 g/mol. The van der Waals surface area contributed by atoms with Gasteiger partial charge in [0.1, 0.15) is 5.52 Å². The monoisotopic (exact) mass is 435 g/mol. The molecule has 0 bridgehead atoms. The van der Waals surface area contributed by atoms with E-state index in [9.17, 15) is 4.79 Å². The van der Waals surface area contributed by atoms with Crippen molar-refractivity contribution in [1.82, 2.24) is 30.2 Å². The summed E-state index contributed by atoms with van der Waals surface area (Å²) in [5, 5.41) is 18.1. The van der Waals surface area contributed by atoms with E-state index in [1.807, 2.05) is 25.7 Å². The maximum Gasteiger partial charge on any atom is 0.224 e. The molecule has 1 amide bonds. The van der Waals surface area contributed by atoms with E-state index < -0.39 is 0 Å². The summed E-state index contributed by atoms with van der Waals surface area (Å²) >= 11 is 0. The standard InChI is InChI=1S/C24H33N7O/c1-16-8-10-20(11-9-16)31-18(3)21-17(2)26-27-23(22(21)28-31)30-13-6-7-19(15-30)24(32)25-12-14-29(4)5/h8-11,19H,6-7,12-15H2,1-5H3,(H,25,32). The molecular formula is C24H33N7O. The summed E-state index contributed by atoms with van der Waals surface area (Å²) in [6, 6.07) is 8.35. The number of benzene rings is 1. The molecule has 32 heavy (non-hydrogen) atoms. The molecule has 1 N–H and O–H groups in total. The van der Waals surface area contributed by atoms with Gasteiger partial charge in [0.05, 0.1) is 28.4 Å². The number of piperidine rings is 1. The largest absolute Gasteiger partial charge is 0.355 e. The van der Waals surface area contributed by atoms with Crippen molar-refractivity contribution in [3.8, 4) is 5.69 Å². The van der Waals surface area contributed by atoms with Crippen LogP contribution in [0.15, 0.2) is 24.3 Å². The Labute approximate surface area is 189 Å². The number of carbonyl (C=O) groups is 1. The highest BCUT2D eigenvalue weighted by atomic mass is 16.1. The minimum Gasteiger partial charge on any atom is -0.355 e. The van der Waals surface area contributed by atoms with Crippen molar-refractivity contribution in [2.75, 3.05) is 45.2 Å². The Balaban J connectivity index is 1.62. The maximum absolute atomic E-state index is 12.7. The van der Waals surface area contributed by atoms with Crippen LogP contribution in [0.5, 0.6) is 0 Å². The highest BCUT2D eigenvalue weighted by molar-refractivity contribution is 5.92. The maximum atomic E-state index is 12.7. The first-order valence-electron chi connectivity index (χ1n) is 11.3. The number of hydrogen-bond acceptors (Lipinski definition) is 6. The van der Waals surface area contributed by atoms with E-state index >= 15 is 0 Å². The molecule has 1 aliphatic rings. The van der Waals surface area contributed by atoms with Crippen LogP contribution in [-0.2, 0) is 4.79 Å². The van der Waals surface area contributed by atoms with Crippen LogP contribution in [0.1, 0.15) is 29.8 Å². The number of aromatic nitrogens is 4. The first-order valence-corrected chi connectivity index (χ1v) is 11.3. The van der Waals surface area contributed by atoms with Crippen LogP contribution in [0.2, 0.25) is 0 Å². The zero-order valence-corrected chi connectivity index (χ0v) is 19.7. The molecule has 1 atom stereocenters. The molecule has 0 radical (unpaired) electrons. The van der Waals surface area contributed by atoms with Crippen LogP contribution in [0.25, 0.3) is 16.6 Å². The molecule has 1 aromatic carbocycles. The van der Waals surface area contributed by atoms with Crippen molar-refractivity contribution >= 4 is 22.6 Å². The Morgan fingerprint density at radius 1 is 1.16 bits per heavy atom. The van der Waals surface area contributed by atoms with Crippen molar-refractivity contribution in [3.63, 3.8) is 0 Å². The van der Waals surface area contributed by atoms with Gasteiger partial charge in [-0.3, -0.25) is 4.79 Å². The van der Waals surface area contributed by atoms with Gasteiger partial charge in [-0.2, -0.15) is 10.2 Å². The molecule has 3 heterocycles. The van der Waals surface area contributed by atoms with Crippen LogP contribution >= 0.6 is 0 Å². The van der Waals surface area contributed by atoms with Crippen molar-refractivity contribution in [2.24, 2.45) is 5.92 Å². The Kier molecular flexibility index (Phi) is 6.41. The first kappa shape index (κ1) is 22.2. The number of amides is 1. The molecule has 2 aromatic heterocycles.